The van der Waals surface area contributed by atoms with Crippen LogP contribution >= 0.6 is 0 Å². The van der Waals surface area contributed by atoms with E-state index in [0.717, 1.165) is 6.54 Å². The zero-order chi connectivity index (χ0) is 11.4. The number of benzene rings is 1. The maximum Gasteiger partial charge on any atom is 0.0388 e. The van der Waals surface area contributed by atoms with E-state index in [1.54, 1.807) is 0 Å². The molecule has 2 aromatic rings. The van der Waals surface area contributed by atoms with Crippen molar-refractivity contribution in [2.75, 3.05) is 7.05 Å². The van der Waals surface area contributed by atoms with Crippen molar-refractivity contribution >= 4 is 0 Å². The van der Waals surface area contributed by atoms with E-state index in [9.17, 15) is 0 Å². The van der Waals surface area contributed by atoms with Crippen molar-refractivity contribution in [2.24, 2.45) is 0 Å². The minimum atomic E-state index is 0.435. The van der Waals surface area contributed by atoms with Gasteiger partial charge in [0.1, 0.15) is 0 Å². The summed E-state index contributed by atoms with van der Waals surface area (Å²) < 4.78 is 0. The highest BCUT2D eigenvalue weighted by molar-refractivity contribution is 5.18. The molecule has 0 aliphatic heterocycles. The van der Waals surface area contributed by atoms with Crippen LogP contribution in [0, 0.1) is 0 Å². The number of nitrogens with one attached hydrogen (secondary N) is 1. The molecule has 0 unspecified atom stereocenters. The fourth-order valence-corrected chi connectivity index (χ4v) is 1.86. The number of aromatic amines is 1. The maximum absolute atomic E-state index is 3.23. The molecule has 0 saturated heterocycles. The van der Waals surface area contributed by atoms with Crippen LogP contribution in [0.3, 0.4) is 0 Å². The van der Waals surface area contributed by atoms with Crippen molar-refractivity contribution in [2.45, 2.75) is 19.5 Å². The number of nitrogens with zero attached hydrogens (tertiary/aromatic N) is 1. The summed E-state index contributed by atoms with van der Waals surface area (Å²) in [6.07, 6.45) is 1.97. The average molecular weight is 214 g/mol. The molecule has 0 amide bonds. The zero-order valence-electron chi connectivity index (χ0n) is 9.85. The Morgan fingerprint density at radius 2 is 1.88 bits per heavy atom. The summed E-state index contributed by atoms with van der Waals surface area (Å²) in [5.41, 5.74) is 2.61. The van der Waals surface area contributed by atoms with E-state index in [-0.39, 0.29) is 0 Å². The number of H-pyrrole nitrogens is 1. The first-order chi connectivity index (χ1) is 7.77. The van der Waals surface area contributed by atoms with E-state index in [1.807, 2.05) is 12.3 Å². The molecule has 1 atom stereocenters. The molecule has 2 rings (SSSR count). The predicted molar refractivity (Wildman–Crippen MR) is 67.1 cm³/mol. The van der Waals surface area contributed by atoms with Crippen LogP contribution in [0.25, 0.3) is 0 Å². The number of hydrogen-bond acceptors (Lipinski definition) is 1. The highest BCUT2D eigenvalue weighted by atomic mass is 15.1. The predicted octanol–water partition coefficient (Wildman–Crippen LogP) is 3.21. The van der Waals surface area contributed by atoms with Crippen molar-refractivity contribution in [3.8, 4) is 0 Å². The molecule has 1 N–H and O–H groups in total. The molecule has 1 aromatic carbocycles. The van der Waals surface area contributed by atoms with Gasteiger partial charge in [-0.3, -0.25) is 4.90 Å². The van der Waals surface area contributed by atoms with Crippen LogP contribution in [-0.4, -0.2) is 16.9 Å². The van der Waals surface area contributed by atoms with E-state index in [0.29, 0.717) is 6.04 Å². The smallest absolute Gasteiger partial charge is 0.0388 e. The van der Waals surface area contributed by atoms with Crippen LogP contribution in [0.5, 0.6) is 0 Å². The van der Waals surface area contributed by atoms with E-state index in [4.69, 9.17) is 0 Å². The second-order valence-electron chi connectivity index (χ2n) is 4.20. The fraction of sp³-hybridized carbons (Fsp3) is 0.286. The van der Waals surface area contributed by atoms with Crippen molar-refractivity contribution in [3.05, 3.63) is 59.9 Å². The van der Waals surface area contributed by atoms with Gasteiger partial charge in [-0.2, -0.15) is 0 Å². The maximum atomic E-state index is 3.23. The van der Waals surface area contributed by atoms with Gasteiger partial charge < -0.3 is 4.98 Å². The summed E-state index contributed by atoms with van der Waals surface area (Å²) in [6.45, 7) is 3.18. The van der Waals surface area contributed by atoms with Crippen LogP contribution in [0.1, 0.15) is 24.2 Å². The molecular weight excluding hydrogens is 196 g/mol. The van der Waals surface area contributed by atoms with Gasteiger partial charge >= 0.3 is 0 Å². The molecule has 0 bridgehead atoms. The van der Waals surface area contributed by atoms with Crippen molar-refractivity contribution in [3.63, 3.8) is 0 Å². The average Bonchev–Trinajstić information content (AvgIpc) is 2.82. The topological polar surface area (TPSA) is 19.0 Å². The van der Waals surface area contributed by atoms with Gasteiger partial charge in [-0.05, 0) is 31.7 Å². The first-order valence-electron chi connectivity index (χ1n) is 5.65. The molecule has 0 radical (unpaired) electrons. The summed E-state index contributed by atoms with van der Waals surface area (Å²) in [7, 11) is 2.15. The van der Waals surface area contributed by atoms with Crippen LogP contribution in [0.2, 0.25) is 0 Å². The number of aromatic nitrogens is 1. The van der Waals surface area contributed by atoms with Crippen molar-refractivity contribution in [1.82, 2.24) is 9.88 Å². The summed E-state index contributed by atoms with van der Waals surface area (Å²) in [6, 6.07) is 15.2. The standard InChI is InChI=1S/C14H18N2/c1-12(13-7-4-3-5-8-13)16(2)11-14-9-6-10-15-14/h3-10,12,15H,11H2,1-2H3/t12-/m0/s1. The fourth-order valence-electron chi connectivity index (χ4n) is 1.86. The Morgan fingerprint density at radius 1 is 1.12 bits per heavy atom. The molecule has 1 heterocycles. The Kier molecular flexibility index (Phi) is 3.42. The molecule has 1 aromatic heterocycles. The normalized spacial score (nSPS) is 12.9. The van der Waals surface area contributed by atoms with Gasteiger partial charge in [0, 0.05) is 24.5 Å². The Labute approximate surface area is 96.9 Å². The van der Waals surface area contributed by atoms with E-state index >= 15 is 0 Å². The van der Waals surface area contributed by atoms with Gasteiger partial charge in [-0.1, -0.05) is 30.3 Å². The lowest BCUT2D eigenvalue weighted by atomic mass is 10.1. The Hall–Kier alpha value is -1.54. The SMILES string of the molecule is C[C@@H](c1ccccc1)N(C)Cc1ccc[nH]1. The monoisotopic (exact) mass is 214 g/mol. The second-order valence-corrected chi connectivity index (χ2v) is 4.20. The molecule has 2 heteroatoms. The lowest BCUT2D eigenvalue weighted by molar-refractivity contribution is 0.250. The highest BCUT2D eigenvalue weighted by Crippen LogP contribution is 2.19. The molecule has 0 aliphatic rings. The minimum absolute atomic E-state index is 0.435. The van der Waals surface area contributed by atoms with E-state index in [2.05, 4.69) is 60.3 Å². The molecule has 84 valence electrons. The minimum Gasteiger partial charge on any atom is -0.364 e. The first-order valence-corrected chi connectivity index (χ1v) is 5.65. The van der Waals surface area contributed by atoms with Gasteiger partial charge in [-0.25, -0.2) is 0 Å². The van der Waals surface area contributed by atoms with Crippen LogP contribution < -0.4 is 0 Å². The summed E-state index contributed by atoms with van der Waals surface area (Å²) in [4.78, 5) is 5.57. The third-order valence-corrected chi connectivity index (χ3v) is 3.03. The molecule has 0 spiro atoms. The first kappa shape index (κ1) is 11.0. The van der Waals surface area contributed by atoms with Gasteiger partial charge in [0.15, 0.2) is 0 Å². The zero-order valence-corrected chi connectivity index (χ0v) is 9.85. The van der Waals surface area contributed by atoms with E-state index < -0.39 is 0 Å². The molecule has 0 aliphatic carbocycles. The summed E-state index contributed by atoms with van der Waals surface area (Å²) in [5, 5.41) is 0. The Bertz CT molecular complexity index is 406. The lowest BCUT2D eigenvalue weighted by Gasteiger charge is -2.24. The van der Waals surface area contributed by atoms with Gasteiger partial charge in [-0.15, -0.1) is 0 Å². The largest absolute Gasteiger partial charge is 0.364 e. The van der Waals surface area contributed by atoms with Gasteiger partial charge in [0.05, 0.1) is 0 Å². The third-order valence-electron chi connectivity index (χ3n) is 3.03. The van der Waals surface area contributed by atoms with Crippen molar-refractivity contribution < 1.29 is 0 Å². The van der Waals surface area contributed by atoms with Gasteiger partial charge in [0.25, 0.3) is 0 Å². The molecule has 0 saturated carbocycles. The van der Waals surface area contributed by atoms with E-state index in [1.165, 1.54) is 11.3 Å². The summed E-state index contributed by atoms with van der Waals surface area (Å²) in [5.74, 6) is 0. The van der Waals surface area contributed by atoms with Crippen molar-refractivity contribution in [1.29, 1.82) is 0 Å². The lowest BCUT2D eigenvalue weighted by Crippen LogP contribution is -2.21. The second kappa shape index (κ2) is 4.99. The quantitative estimate of drug-likeness (QED) is 0.828. The van der Waals surface area contributed by atoms with Crippen LogP contribution in [-0.2, 0) is 6.54 Å². The third kappa shape index (κ3) is 2.52. The highest BCUT2D eigenvalue weighted by Gasteiger charge is 2.11. The van der Waals surface area contributed by atoms with Gasteiger partial charge in [0.2, 0.25) is 0 Å². The molecule has 16 heavy (non-hydrogen) atoms. The number of rotatable bonds is 4. The van der Waals surface area contributed by atoms with Crippen LogP contribution in [0.15, 0.2) is 48.7 Å². The Morgan fingerprint density at radius 3 is 2.50 bits per heavy atom. The summed E-state index contributed by atoms with van der Waals surface area (Å²) >= 11 is 0. The molecule has 2 nitrogen and oxygen atoms in total. The van der Waals surface area contributed by atoms with Crippen LogP contribution in [0.4, 0.5) is 0 Å². The number of hydrogen-bond donors (Lipinski definition) is 1. The molecular formula is C14H18N2. The Balaban J connectivity index is 2.02. The molecule has 0 fully saturated rings.